The van der Waals surface area contributed by atoms with Gasteiger partial charge in [-0.3, -0.25) is 9.79 Å². The molecule has 0 aliphatic carbocycles. The Kier molecular flexibility index (Phi) is 5.43. The van der Waals surface area contributed by atoms with Crippen LogP contribution in [0.25, 0.3) is 0 Å². The normalized spacial score (nSPS) is 20.0. The Balaban J connectivity index is 1.64. The van der Waals surface area contributed by atoms with Gasteiger partial charge in [0, 0.05) is 5.75 Å². The predicted octanol–water partition coefficient (Wildman–Crippen LogP) is 3.64. The average Bonchev–Trinajstić information content (AvgIpc) is 2.61. The van der Waals surface area contributed by atoms with Gasteiger partial charge in [0.1, 0.15) is 6.61 Å². The lowest BCUT2D eigenvalue weighted by Gasteiger charge is -2.30. The van der Waals surface area contributed by atoms with Crippen molar-refractivity contribution < 1.29 is 9.53 Å². The Morgan fingerprint density at radius 3 is 2.72 bits per heavy atom. The Hall–Kier alpha value is -2.27. The average molecular weight is 354 g/mol. The molecule has 3 rings (SSSR count). The Labute approximate surface area is 152 Å². The van der Waals surface area contributed by atoms with Gasteiger partial charge in [0.25, 0.3) is 0 Å². The highest BCUT2D eigenvalue weighted by Gasteiger charge is 2.29. The molecule has 1 atom stereocenters. The van der Waals surface area contributed by atoms with E-state index in [4.69, 9.17) is 10.5 Å². The molecular formula is C20H22N2O2S. The summed E-state index contributed by atoms with van der Waals surface area (Å²) in [5, 5.41) is 0.633. The number of hydrogen-bond acceptors (Lipinski definition) is 5. The molecule has 2 aromatic carbocycles. The minimum absolute atomic E-state index is 0.223. The first kappa shape index (κ1) is 17.5. The fourth-order valence-electron chi connectivity index (χ4n) is 2.87. The molecule has 2 N–H and O–H groups in total. The van der Waals surface area contributed by atoms with Gasteiger partial charge in [-0.1, -0.05) is 60.3 Å². The zero-order valence-corrected chi connectivity index (χ0v) is 15.1. The number of carbonyl (C=O) groups excluding carboxylic acids is 1. The largest absolute Gasteiger partial charge is 0.461 e. The number of ether oxygens (including phenoxy) is 1. The fourth-order valence-corrected chi connectivity index (χ4v) is 3.84. The van der Waals surface area contributed by atoms with Crippen LogP contribution in [0.5, 0.6) is 0 Å². The van der Waals surface area contributed by atoms with Crippen molar-refractivity contribution in [3.05, 3.63) is 71.3 Å². The third-order valence-electron chi connectivity index (χ3n) is 4.34. The number of rotatable bonds is 5. The van der Waals surface area contributed by atoms with Gasteiger partial charge in [-0.2, -0.15) is 0 Å². The lowest BCUT2D eigenvalue weighted by molar-refractivity contribution is -0.144. The molecule has 130 valence electrons. The third-order valence-corrected chi connectivity index (χ3v) is 5.13. The molecule has 0 amide bonds. The van der Waals surface area contributed by atoms with Gasteiger partial charge in [-0.05, 0) is 36.1 Å². The highest BCUT2D eigenvalue weighted by atomic mass is 32.2. The standard InChI is InChI=1S/C20H22N2O2S/c1-20(10-11-25-19(21)22-20)17-9-5-8-16(12-17)14-24-18(23)13-15-6-3-2-4-7-15/h2-9,12H,10-11,13-14H2,1H3,(H2,21,22). The summed E-state index contributed by atoms with van der Waals surface area (Å²) in [5.74, 6) is 0.737. The van der Waals surface area contributed by atoms with Crippen LogP contribution in [0.2, 0.25) is 0 Å². The predicted molar refractivity (Wildman–Crippen MR) is 102 cm³/mol. The maximum Gasteiger partial charge on any atom is 0.310 e. The van der Waals surface area contributed by atoms with E-state index < -0.39 is 0 Å². The molecule has 2 aromatic rings. The summed E-state index contributed by atoms with van der Waals surface area (Å²) >= 11 is 1.59. The van der Waals surface area contributed by atoms with Crippen molar-refractivity contribution in [1.82, 2.24) is 0 Å². The van der Waals surface area contributed by atoms with Gasteiger partial charge < -0.3 is 10.5 Å². The summed E-state index contributed by atoms with van der Waals surface area (Å²) in [7, 11) is 0. The topological polar surface area (TPSA) is 64.7 Å². The molecule has 0 saturated heterocycles. The maximum absolute atomic E-state index is 12.0. The summed E-state index contributed by atoms with van der Waals surface area (Å²) in [6, 6.07) is 17.7. The van der Waals surface area contributed by atoms with Crippen molar-refractivity contribution in [1.29, 1.82) is 0 Å². The van der Waals surface area contributed by atoms with Gasteiger partial charge >= 0.3 is 5.97 Å². The van der Waals surface area contributed by atoms with Crippen LogP contribution in [-0.2, 0) is 28.1 Å². The molecule has 5 heteroatoms. The summed E-state index contributed by atoms with van der Waals surface area (Å²) in [5.41, 5.74) is 8.62. The van der Waals surface area contributed by atoms with E-state index >= 15 is 0 Å². The van der Waals surface area contributed by atoms with Crippen LogP contribution < -0.4 is 5.73 Å². The lowest BCUT2D eigenvalue weighted by atomic mass is 9.89. The zero-order chi connectivity index (χ0) is 17.7. The highest BCUT2D eigenvalue weighted by Crippen LogP contribution is 2.35. The van der Waals surface area contributed by atoms with Crippen LogP contribution >= 0.6 is 11.8 Å². The van der Waals surface area contributed by atoms with E-state index in [0.717, 1.165) is 28.9 Å². The summed E-state index contributed by atoms with van der Waals surface area (Å²) in [6.07, 6.45) is 1.23. The van der Waals surface area contributed by atoms with Gasteiger partial charge in [-0.15, -0.1) is 0 Å². The second-order valence-electron chi connectivity index (χ2n) is 6.35. The number of amidine groups is 1. The van der Waals surface area contributed by atoms with Gasteiger partial charge in [-0.25, -0.2) is 0 Å². The molecule has 0 radical (unpaired) electrons. The van der Waals surface area contributed by atoms with Crippen molar-refractivity contribution in [2.24, 2.45) is 10.7 Å². The van der Waals surface area contributed by atoms with Crippen molar-refractivity contribution >= 4 is 22.9 Å². The van der Waals surface area contributed by atoms with Crippen LogP contribution in [0.3, 0.4) is 0 Å². The van der Waals surface area contributed by atoms with Crippen molar-refractivity contribution in [3.63, 3.8) is 0 Å². The minimum Gasteiger partial charge on any atom is -0.461 e. The van der Waals surface area contributed by atoms with Gasteiger partial charge in [0.15, 0.2) is 5.17 Å². The number of aliphatic imine (C=N–C) groups is 1. The lowest BCUT2D eigenvalue weighted by Crippen LogP contribution is -2.28. The Bertz CT molecular complexity index is 776. The summed E-state index contributed by atoms with van der Waals surface area (Å²) in [4.78, 5) is 16.6. The van der Waals surface area contributed by atoms with Crippen molar-refractivity contribution in [2.75, 3.05) is 5.75 Å². The molecule has 0 saturated carbocycles. The third kappa shape index (κ3) is 4.63. The second kappa shape index (κ2) is 7.74. The molecule has 1 unspecified atom stereocenters. The number of esters is 1. The molecule has 0 aromatic heterocycles. The molecule has 4 nitrogen and oxygen atoms in total. The first-order chi connectivity index (χ1) is 12.0. The maximum atomic E-state index is 12.0. The first-order valence-corrected chi connectivity index (χ1v) is 9.31. The molecule has 0 spiro atoms. The monoisotopic (exact) mass is 354 g/mol. The number of carbonyl (C=O) groups is 1. The van der Waals surface area contributed by atoms with E-state index in [0.29, 0.717) is 5.17 Å². The van der Waals surface area contributed by atoms with E-state index in [1.54, 1.807) is 11.8 Å². The summed E-state index contributed by atoms with van der Waals surface area (Å²) < 4.78 is 5.42. The van der Waals surface area contributed by atoms with E-state index in [-0.39, 0.29) is 24.5 Å². The minimum atomic E-state index is -0.306. The molecule has 1 heterocycles. The van der Waals surface area contributed by atoms with Crippen LogP contribution in [0.15, 0.2) is 59.6 Å². The van der Waals surface area contributed by atoms with Crippen LogP contribution in [0, 0.1) is 0 Å². The molecule has 0 fully saturated rings. The van der Waals surface area contributed by atoms with Gasteiger partial charge in [0.05, 0.1) is 12.0 Å². The number of hydrogen-bond donors (Lipinski definition) is 1. The molecule has 1 aliphatic rings. The van der Waals surface area contributed by atoms with E-state index in [2.05, 4.69) is 24.0 Å². The number of thioether (sulfide) groups is 1. The smallest absolute Gasteiger partial charge is 0.310 e. The van der Waals surface area contributed by atoms with E-state index in [9.17, 15) is 4.79 Å². The second-order valence-corrected chi connectivity index (χ2v) is 7.46. The number of benzene rings is 2. The van der Waals surface area contributed by atoms with Crippen molar-refractivity contribution in [3.8, 4) is 0 Å². The highest BCUT2D eigenvalue weighted by molar-refractivity contribution is 8.13. The molecule has 0 bridgehead atoms. The molecule has 25 heavy (non-hydrogen) atoms. The zero-order valence-electron chi connectivity index (χ0n) is 14.3. The first-order valence-electron chi connectivity index (χ1n) is 8.32. The fraction of sp³-hybridized carbons (Fsp3) is 0.300. The number of nitrogens with two attached hydrogens (primary N) is 1. The Morgan fingerprint density at radius 1 is 1.20 bits per heavy atom. The van der Waals surface area contributed by atoms with Crippen LogP contribution in [0.1, 0.15) is 30.0 Å². The Morgan fingerprint density at radius 2 is 1.96 bits per heavy atom. The number of nitrogens with zero attached hydrogens (tertiary/aromatic N) is 1. The van der Waals surface area contributed by atoms with Crippen LogP contribution in [-0.4, -0.2) is 16.9 Å². The molecule has 1 aliphatic heterocycles. The van der Waals surface area contributed by atoms with Gasteiger partial charge in [0.2, 0.25) is 0 Å². The SMILES string of the molecule is CC1(c2cccc(COC(=O)Cc3ccccc3)c2)CCSC(N)=N1. The molecular weight excluding hydrogens is 332 g/mol. The quantitative estimate of drug-likeness (QED) is 0.833. The van der Waals surface area contributed by atoms with Crippen LogP contribution in [0.4, 0.5) is 0 Å². The van der Waals surface area contributed by atoms with E-state index in [1.165, 1.54) is 0 Å². The van der Waals surface area contributed by atoms with Crippen molar-refractivity contribution in [2.45, 2.75) is 31.9 Å². The summed E-state index contributed by atoms with van der Waals surface area (Å²) in [6.45, 7) is 2.36. The van der Waals surface area contributed by atoms with E-state index in [1.807, 2.05) is 42.5 Å².